The van der Waals surface area contributed by atoms with E-state index in [1.807, 2.05) is 52.0 Å². The Labute approximate surface area is 126 Å². The van der Waals surface area contributed by atoms with Gasteiger partial charge in [-0.3, -0.25) is 0 Å². The maximum Gasteiger partial charge on any atom is 0.224 e. The lowest BCUT2D eigenvalue weighted by Gasteiger charge is -2.11. The first-order valence-electron chi connectivity index (χ1n) is 7.21. The van der Waals surface area contributed by atoms with Crippen molar-refractivity contribution in [1.29, 1.82) is 0 Å². The number of hydrogen-bond acceptors (Lipinski definition) is 5. The van der Waals surface area contributed by atoms with E-state index >= 15 is 0 Å². The molecular weight excluding hydrogens is 264 g/mol. The van der Waals surface area contributed by atoms with Gasteiger partial charge in [-0.1, -0.05) is 19.9 Å². The van der Waals surface area contributed by atoms with Gasteiger partial charge in [0.25, 0.3) is 0 Å². The van der Waals surface area contributed by atoms with Crippen molar-refractivity contribution in [2.24, 2.45) is 0 Å². The molecule has 0 unspecified atom stereocenters. The van der Waals surface area contributed by atoms with E-state index < -0.39 is 0 Å². The fourth-order valence-corrected chi connectivity index (χ4v) is 1.65. The van der Waals surface area contributed by atoms with Crippen molar-refractivity contribution < 1.29 is 4.74 Å². The predicted octanol–water partition coefficient (Wildman–Crippen LogP) is 4.00. The van der Waals surface area contributed by atoms with Gasteiger partial charge in [-0.2, -0.15) is 4.98 Å². The molecule has 114 valence electrons. The van der Waals surface area contributed by atoms with Gasteiger partial charge in [0.2, 0.25) is 5.95 Å². The van der Waals surface area contributed by atoms with E-state index in [1.165, 1.54) is 0 Å². The van der Waals surface area contributed by atoms with Crippen molar-refractivity contribution in [2.45, 2.75) is 27.7 Å². The van der Waals surface area contributed by atoms with Gasteiger partial charge < -0.3 is 15.4 Å². The van der Waals surface area contributed by atoms with Crippen molar-refractivity contribution in [3.05, 3.63) is 36.0 Å². The van der Waals surface area contributed by atoms with Crippen LogP contribution >= 0.6 is 0 Å². The molecule has 0 amide bonds. The Hall–Kier alpha value is -2.30. The molecule has 1 aromatic heterocycles. The monoisotopic (exact) mass is 288 g/mol. The van der Waals surface area contributed by atoms with Gasteiger partial charge in [-0.05, 0) is 26.0 Å². The molecule has 0 atom stereocenters. The molecule has 1 heterocycles. The van der Waals surface area contributed by atoms with E-state index in [0.29, 0.717) is 5.95 Å². The van der Waals surface area contributed by atoms with Gasteiger partial charge >= 0.3 is 0 Å². The second kappa shape index (κ2) is 8.79. The Morgan fingerprint density at radius 2 is 2.00 bits per heavy atom. The number of nitrogens with one attached hydrogen (secondary N) is 2. The lowest BCUT2D eigenvalue weighted by atomic mass is 10.3. The fourth-order valence-electron chi connectivity index (χ4n) is 1.65. The molecule has 0 aliphatic rings. The summed E-state index contributed by atoms with van der Waals surface area (Å²) < 4.78 is 5.20. The van der Waals surface area contributed by atoms with Gasteiger partial charge in [-0.15, -0.1) is 0 Å². The average molecular weight is 288 g/mol. The Morgan fingerprint density at radius 1 is 1.24 bits per heavy atom. The molecule has 0 saturated carbocycles. The molecule has 1 aromatic carbocycles. The summed E-state index contributed by atoms with van der Waals surface area (Å²) in [5, 5.41) is 6.37. The van der Waals surface area contributed by atoms with Crippen LogP contribution in [0, 0.1) is 6.92 Å². The molecule has 2 N–H and O–H groups in total. The highest BCUT2D eigenvalue weighted by Crippen LogP contribution is 2.22. The summed E-state index contributed by atoms with van der Waals surface area (Å²) in [6, 6.07) is 7.73. The zero-order valence-electron chi connectivity index (χ0n) is 13.4. The quantitative estimate of drug-likeness (QED) is 0.871. The molecule has 0 aliphatic heterocycles. The molecule has 2 rings (SSSR count). The van der Waals surface area contributed by atoms with Crippen LogP contribution in [0.5, 0.6) is 5.75 Å². The number of benzene rings is 1. The van der Waals surface area contributed by atoms with Crippen LogP contribution in [-0.2, 0) is 0 Å². The third kappa shape index (κ3) is 4.95. The van der Waals surface area contributed by atoms with Crippen LogP contribution in [0.15, 0.2) is 30.5 Å². The lowest BCUT2D eigenvalue weighted by molar-refractivity contribution is 0.415. The number of rotatable bonds is 5. The average Bonchev–Trinajstić information content (AvgIpc) is 2.53. The number of aryl methyl sites for hydroxylation is 1. The first-order chi connectivity index (χ1) is 10.2. The summed E-state index contributed by atoms with van der Waals surface area (Å²) in [6.45, 7) is 8.78. The van der Waals surface area contributed by atoms with E-state index in [0.717, 1.165) is 29.4 Å². The highest BCUT2D eigenvalue weighted by Gasteiger charge is 2.04. The van der Waals surface area contributed by atoms with Crippen LogP contribution in [-0.4, -0.2) is 23.6 Å². The van der Waals surface area contributed by atoms with E-state index in [4.69, 9.17) is 4.74 Å². The van der Waals surface area contributed by atoms with Crippen molar-refractivity contribution in [3.8, 4) is 5.75 Å². The number of ether oxygens (including phenoxy) is 1. The summed E-state index contributed by atoms with van der Waals surface area (Å²) in [7, 11) is 1.65. The fraction of sp³-hybridized carbons (Fsp3) is 0.375. The zero-order chi connectivity index (χ0) is 15.7. The molecule has 0 fully saturated rings. The molecule has 21 heavy (non-hydrogen) atoms. The molecule has 0 bridgehead atoms. The van der Waals surface area contributed by atoms with E-state index in [-0.39, 0.29) is 0 Å². The molecule has 2 aromatic rings. The molecular formula is C16H24N4O. The molecule has 0 spiro atoms. The van der Waals surface area contributed by atoms with Crippen LogP contribution in [0.1, 0.15) is 26.3 Å². The second-order valence-corrected chi connectivity index (χ2v) is 4.11. The molecule has 0 radical (unpaired) electrons. The summed E-state index contributed by atoms with van der Waals surface area (Å²) in [4.78, 5) is 8.66. The molecule has 0 saturated heterocycles. The third-order valence-electron chi connectivity index (χ3n) is 2.64. The minimum absolute atomic E-state index is 0.624. The minimum atomic E-state index is 0.624. The van der Waals surface area contributed by atoms with Crippen LogP contribution in [0.4, 0.5) is 17.5 Å². The number of nitrogens with zero attached hydrogens (tertiary/aromatic N) is 2. The van der Waals surface area contributed by atoms with Crippen molar-refractivity contribution >= 4 is 17.5 Å². The van der Waals surface area contributed by atoms with Gasteiger partial charge in [0.1, 0.15) is 11.6 Å². The highest BCUT2D eigenvalue weighted by atomic mass is 16.5. The van der Waals surface area contributed by atoms with E-state index in [9.17, 15) is 0 Å². The Morgan fingerprint density at radius 3 is 2.67 bits per heavy atom. The first-order valence-corrected chi connectivity index (χ1v) is 7.21. The zero-order valence-corrected chi connectivity index (χ0v) is 13.4. The van der Waals surface area contributed by atoms with Crippen LogP contribution < -0.4 is 15.4 Å². The number of anilines is 3. The molecule has 5 nitrogen and oxygen atoms in total. The second-order valence-electron chi connectivity index (χ2n) is 4.11. The number of hydrogen-bond donors (Lipinski definition) is 2. The number of methoxy groups -OCH3 is 1. The Kier molecular flexibility index (Phi) is 7.01. The normalized spacial score (nSPS) is 9.38. The number of aromatic nitrogens is 2. The van der Waals surface area contributed by atoms with Crippen LogP contribution in [0.3, 0.4) is 0 Å². The third-order valence-corrected chi connectivity index (χ3v) is 2.64. The topological polar surface area (TPSA) is 59.1 Å². The maximum atomic E-state index is 5.20. The van der Waals surface area contributed by atoms with Crippen LogP contribution in [0.2, 0.25) is 0 Å². The van der Waals surface area contributed by atoms with Crippen molar-refractivity contribution in [2.75, 3.05) is 24.3 Å². The van der Waals surface area contributed by atoms with Crippen LogP contribution in [0.25, 0.3) is 0 Å². The first kappa shape index (κ1) is 16.8. The molecule has 0 aliphatic carbocycles. The summed E-state index contributed by atoms with van der Waals surface area (Å²) in [6.07, 6.45) is 1.80. The Bertz CT molecular complexity index is 558. The standard InChI is InChI=1S/C14H18N4O.C2H6/c1-4-15-14-16-9-10(2)13(18-14)17-11-6-5-7-12(8-11)19-3;1-2/h5-9H,4H2,1-3H3,(H2,15,16,17,18);1-2H3. The lowest BCUT2D eigenvalue weighted by Crippen LogP contribution is -2.05. The summed E-state index contributed by atoms with van der Waals surface area (Å²) in [5.41, 5.74) is 1.92. The van der Waals surface area contributed by atoms with E-state index in [2.05, 4.69) is 20.6 Å². The predicted molar refractivity (Wildman–Crippen MR) is 88.6 cm³/mol. The smallest absolute Gasteiger partial charge is 0.224 e. The summed E-state index contributed by atoms with van der Waals surface area (Å²) in [5.74, 6) is 2.22. The Balaban J connectivity index is 0.00000106. The molecule has 5 heteroatoms. The minimum Gasteiger partial charge on any atom is -0.497 e. The SMILES string of the molecule is CC.CCNc1ncc(C)c(Nc2cccc(OC)c2)n1. The maximum absolute atomic E-state index is 5.20. The van der Waals surface area contributed by atoms with Gasteiger partial charge in [0.15, 0.2) is 0 Å². The largest absolute Gasteiger partial charge is 0.497 e. The van der Waals surface area contributed by atoms with E-state index in [1.54, 1.807) is 13.3 Å². The van der Waals surface area contributed by atoms with Gasteiger partial charge in [0.05, 0.1) is 7.11 Å². The summed E-state index contributed by atoms with van der Waals surface area (Å²) >= 11 is 0. The van der Waals surface area contributed by atoms with Crippen molar-refractivity contribution in [3.63, 3.8) is 0 Å². The van der Waals surface area contributed by atoms with Gasteiger partial charge in [-0.25, -0.2) is 4.98 Å². The van der Waals surface area contributed by atoms with Gasteiger partial charge in [0, 0.05) is 30.1 Å². The van der Waals surface area contributed by atoms with Crippen molar-refractivity contribution in [1.82, 2.24) is 9.97 Å². The highest BCUT2D eigenvalue weighted by molar-refractivity contribution is 5.61.